The Morgan fingerprint density at radius 1 is 1.10 bits per heavy atom. The van der Waals surface area contributed by atoms with Crippen LogP contribution < -0.4 is 5.48 Å². The van der Waals surface area contributed by atoms with Crippen molar-refractivity contribution in [3.8, 4) is 11.8 Å². The van der Waals surface area contributed by atoms with E-state index in [-0.39, 0.29) is 28.8 Å². The maximum atomic E-state index is 13.2. The zero-order valence-corrected chi connectivity index (χ0v) is 17.7. The number of nitrogens with one attached hydrogen (secondary N) is 1. The Morgan fingerprint density at radius 2 is 1.66 bits per heavy atom. The molecule has 0 saturated heterocycles. The summed E-state index contributed by atoms with van der Waals surface area (Å²) in [4.78, 5) is 43.1. The summed E-state index contributed by atoms with van der Waals surface area (Å²) < 4.78 is 0. The highest BCUT2D eigenvalue weighted by atomic mass is 16.6. The molecular formula is C24H29NO4. The number of hydroxylamine groups is 1. The monoisotopic (exact) mass is 395 g/mol. The number of carbonyl (C=O) groups excluding carboxylic acids is 3. The Labute approximate surface area is 172 Å². The van der Waals surface area contributed by atoms with Crippen molar-refractivity contribution in [3.05, 3.63) is 34.4 Å². The summed E-state index contributed by atoms with van der Waals surface area (Å²) >= 11 is 0. The molecule has 2 aliphatic rings. The topological polar surface area (TPSA) is 72.5 Å². The van der Waals surface area contributed by atoms with Gasteiger partial charge >= 0.3 is 0 Å². The molecule has 2 fully saturated rings. The Morgan fingerprint density at radius 3 is 2.14 bits per heavy atom. The minimum atomic E-state index is -0.668. The van der Waals surface area contributed by atoms with Gasteiger partial charge in [-0.25, -0.2) is 5.48 Å². The Hall–Kier alpha value is -2.45. The maximum absolute atomic E-state index is 13.2. The number of ketones is 2. The molecule has 5 heteroatoms. The summed E-state index contributed by atoms with van der Waals surface area (Å²) in [7, 11) is 1.42. The highest BCUT2D eigenvalue weighted by Crippen LogP contribution is 2.50. The summed E-state index contributed by atoms with van der Waals surface area (Å²) in [5.74, 6) is 5.08. The van der Waals surface area contributed by atoms with E-state index in [0.29, 0.717) is 25.7 Å². The first kappa shape index (κ1) is 21.3. The first-order valence-electron chi connectivity index (χ1n) is 10.2. The molecule has 3 rings (SSSR count). The second-order valence-corrected chi connectivity index (χ2v) is 8.56. The van der Waals surface area contributed by atoms with Crippen molar-refractivity contribution >= 4 is 17.5 Å². The molecule has 154 valence electrons. The van der Waals surface area contributed by atoms with Crippen LogP contribution in [0, 0.1) is 37.0 Å². The smallest absolute Gasteiger partial charge is 0.246 e. The lowest BCUT2D eigenvalue weighted by atomic mass is 9.59. The van der Waals surface area contributed by atoms with Crippen molar-refractivity contribution in [2.24, 2.45) is 11.3 Å². The van der Waals surface area contributed by atoms with Crippen molar-refractivity contribution in [3.63, 3.8) is 0 Å². The molecule has 1 aromatic carbocycles. The van der Waals surface area contributed by atoms with Gasteiger partial charge in [0.15, 0.2) is 0 Å². The van der Waals surface area contributed by atoms with E-state index in [9.17, 15) is 14.4 Å². The van der Waals surface area contributed by atoms with Gasteiger partial charge in [0.1, 0.15) is 17.5 Å². The van der Waals surface area contributed by atoms with Crippen LogP contribution in [0.4, 0.5) is 0 Å². The number of amides is 1. The van der Waals surface area contributed by atoms with E-state index in [1.165, 1.54) is 7.11 Å². The van der Waals surface area contributed by atoms with Crippen molar-refractivity contribution < 1.29 is 19.2 Å². The highest BCUT2D eigenvalue weighted by molar-refractivity contribution is 6.10. The fourth-order valence-electron chi connectivity index (χ4n) is 5.18. The van der Waals surface area contributed by atoms with E-state index in [2.05, 4.69) is 17.3 Å². The molecule has 1 aromatic rings. The number of carbonyl (C=O) groups is 3. The van der Waals surface area contributed by atoms with Gasteiger partial charge in [0.2, 0.25) is 5.91 Å². The van der Waals surface area contributed by atoms with Gasteiger partial charge in [-0.3, -0.25) is 19.2 Å². The van der Waals surface area contributed by atoms with Gasteiger partial charge in [0.25, 0.3) is 0 Å². The summed E-state index contributed by atoms with van der Waals surface area (Å²) in [5.41, 5.74) is 5.77. The van der Waals surface area contributed by atoms with Gasteiger partial charge in [-0.2, -0.15) is 0 Å². The van der Waals surface area contributed by atoms with Gasteiger partial charge in [-0.05, 0) is 80.7 Å². The van der Waals surface area contributed by atoms with E-state index in [1.807, 2.05) is 26.0 Å². The normalized spacial score (nSPS) is 26.8. The number of hydrogen-bond acceptors (Lipinski definition) is 4. The zero-order valence-electron chi connectivity index (χ0n) is 17.7. The Kier molecular flexibility index (Phi) is 6.24. The lowest BCUT2D eigenvalue weighted by Gasteiger charge is -2.43. The van der Waals surface area contributed by atoms with E-state index < -0.39 is 5.92 Å². The third-order valence-electron chi connectivity index (χ3n) is 6.51. The number of benzene rings is 1. The third kappa shape index (κ3) is 4.28. The lowest BCUT2D eigenvalue weighted by Crippen LogP contribution is -2.43. The lowest BCUT2D eigenvalue weighted by molar-refractivity contribution is -0.140. The molecule has 0 aliphatic heterocycles. The molecule has 1 amide bonds. The number of aryl methyl sites for hydroxylation is 2. The fraction of sp³-hybridized carbons (Fsp3) is 0.542. The van der Waals surface area contributed by atoms with Crippen molar-refractivity contribution in [1.82, 2.24) is 5.48 Å². The summed E-state index contributed by atoms with van der Waals surface area (Å²) in [6.07, 6.45) is 3.64. The SMILES string of the molecule is CC#Cc1cc(C)c(C2C(=O)CC3(CCC(C(=O)NOC)CC3)CC2=O)c(C)c1. The Balaban J connectivity index is 1.78. The molecular weight excluding hydrogens is 366 g/mol. The number of Topliss-reactive ketones (excluding diaryl/α,β-unsaturated/α-hetero) is 2. The van der Waals surface area contributed by atoms with Crippen molar-refractivity contribution in [1.29, 1.82) is 0 Å². The molecule has 29 heavy (non-hydrogen) atoms. The van der Waals surface area contributed by atoms with Crippen molar-refractivity contribution in [2.75, 3.05) is 7.11 Å². The summed E-state index contributed by atoms with van der Waals surface area (Å²) in [5, 5.41) is 0. The van der Waals surface area contributed by atoms with Gasteiger partial charge in [0, 0.05) is 24.3 Å². The van der Waals surface area contributed by atoms with Crippen LogP contribution in [0.3, 0.4) is 0 Å². The average molecular weight is 395 g/mol. The second-order valence-electron chi connectivity index (χ2n) is 8.56. The molecule has 0 heterocycles. The summed E-state index contributed by atoms with van der Waals surface area (Å²) in [6.45, 7) is 5.70. The molecule has 2 aliphatic carbocycles. The van der Waals surface area contributed by atoms with Crippen LogP contribution in [0.25, 0.3) is 0 Å². The number of rotatable bonds is 3. The minimum Gasteiger partial charge on any atom is -0.299 e. The highest BCUT2D eigenvalue weighted by Gasteiger charge is 2.48. The molecule has 2 saturated carbocycles. The van der Waals surface area contributed by atoms with Gasteiger partial charge in [0.05, 0.1) is 7.11 Å². The molecule has 5 nitrogen and oxygen atoms in total. The van der Waals surface area contributed by atoms with Crippen LogP contribution in [-0.4, -0.2) is 24.6 Å². The van der Waals surface area contributed by atoms with E-state index in [1.54, 1.807) is 6.92 Å². The predicted molar refractivity (Wildman–Crippen MR) is 110 cm³/mol. The standard InChI is InChI=1S/C24H29NO4/c1-5-6-17-11-15(2)21(16(3)12-17)22-19(26)13-24(14-20(22)27)9-7-18(8-10-24)23(28)25-29-4/h11-12,18,22H,7-10,13-14H2,1-4H3,(H,25,28). The summed E-state index contributed by atoms with van der Waals surface area (Å²) in [6, 6.07) is 3.92. The van der Waals surface area contributed by atoms with Gasteiger partial charge in [-0.15, -0.1) is 5.92 Å². The first-order chi connectivity index (χ1) is 13.8. The van der Waals surface area contributed by atoms with Crippen LogP contribution >= 0.6 is 0 Å². The second kappa shape index (κ2) is 8.51. The van der Waals surface area contributed by atoms with Gasteiger partial charge in [-0.1, -0.05) is 5.92 Å². The number of hydrogen-bond donors (Lipinski definition) is 1. The van der Waals surface area contributed by atoms with Crippen LogP contribution in [0.2, 0.25) is 0 Å². The van der Waals surface area contributed by atoms with E-state index in [0.717, 1.165) is 35.1 Å². The molecule has 0 aromatic heterocycles. The van der Waals surface area contributed by atoms with Crippen molar-refractivity contribution in [2.45, 2.75) is 65.2 Å². The molecule has 1 N–H and O–H groups in total. The molecule has 0 unspecified atom stereocenters. The molecule has 0 radical (unpaired) electrons. The first-order valence-corrected chi connectivity index (χ1v) is 10.2. The minimum absolute atomic E-state index is 0.0153. The van der Waals surface area contributed by atoms with Crippen LogP contribution in [0.15, 0.2) is 12.1 Å². The fourth-order valence-corrected chi connectivity index (χ4v) is 5.18. The van der Waals surface area contributed by atoms with Crippen LogP contribution in [0.5, 0.6) is 0 Å². The molecule has 1 spiro atoms. The van der Waals surface area contributed by atoms with E-state index in [4.69, 9.17) is 4.84 Å². The van der Waals surface area contributed by atoms with Gasteiger partial charge < -0.3 is 0 Å². The maximum Gasteiger partial charge on any atom is 0.246 e. The molecule has 0 bridgehead atoms. The quantitative estimate of drug-likeness (QED) is 0.483. The average Bonchev–Trinajstić information content (AvgIpc) is 2.64. The van der Waals surface area contributed by atoms with E-state index >= 15 is 0 Å². The zero-order chi connectivity index (χ0) is 21.2. The predicted octanol–water partition coefficient (Wildman–Crippen LogP) is 3.54. The van der Waals surface area contributed by atoms with Crippen LogP contribution in [0.1, 0.15) is 73.6 Å². The Bertz CT molecular complexity index is 854. The van der Waals surface area contributed by atoms with Crippen LogP contribution in [-0.2, 0) is 19.2 Å². The third-order valence-corrected chi connectivity index (χ3v) is 6.51. The molecule has 0 atom stereocenters. The largest absolute Gasteiger partial charge is 0.299 e.